The zero-order valence-electron chi connectivity index (χ0n) is 11.8. The van der Waals surface area contributed by atoms with Crippen molar-refractivity contribution in [2.45, 2.75) is 31.8 Å². The molecule has 0 aromatic heterocycles. The monoisotopic (exact) mass is 260 g/mol. The lowest BCUT2D eigenvalue weighted by atomic mass is 10.1. The third-order valence-corrected chi connectivity index (χ3v) is 4.29. The van der Waals surface area contributed by atoms with Crippen LogP contribution in [0, 0.1) is 5.92 Å². The van der Waals surface area contributed by atoms with Crippen molar-refractivity contribution >= 4 is 0 Å². The van der Waals surface area contributed by atoms with Crippen LogP contribution in [0.5, 0.6) is 5.75 Å². The summed E-state index contributed by atoms with van der Waals surface area (Å²) in [5, 5.41) is 3.71. The van der Waals surface area contributed by atoms with E-state index in [9.17, 15) is 0 Å². The summed E-state index contributed by atoms with van der Waals surface area (Å²) in [4.78, 5) is 2.58. The molecule has 1 aliphatic heterocycles. The molecule has 1 atom stereocenters. The molecule has 0 radical (unpaired) electrons. The van der Waals surface area contributed by atoms with E-state index in [1.54, 1.807) is 7.11 Å². The quantitative estimate of drug-likeness (QED) is 0.899. The standard InChI is InChI=1S/C16H24N2O/c1-19-16-6-3-2-5-14(16)11-18-10-4-9-17-15(12-18)13-7-8-13/h2-3,5-6,13,15,17H,4,7-12H2,1H3. The lowest BCUT2D eigenvalue weighted by Crippen LogP contribution is -2.39. The number of hydrogen-bond donors (Lipinski definition) is 1. The number of nitrogens with one attached hydrogen (secondary N) is 1. The summed E-state index contributed by atoms with van der Waals surface area (Å²) in [5.74, 6) is 1.95. The second-order valence-electron chi connectivity index (χ2n) is 5.80. The first-order valence-electron chi connectivity index (χ1n) is 7.44. The first kappa shape index (κ1) is 12.9. The van der Waals surface area contributed by atoms with Crippen LogP contribution in [0.3, 0.4) is 0 Å². The third-order valence-electron chi connectivity index (χ3n) is 4.29. The van der Waals surface area contributed by atoms with Crippen LogP contribution in [0.4, 0.5) is 0 Å². The predicted octanol–water partition coefficient (Wildman–Crippen LogP) is 2.27. The van der Waals surface area contributed by atoms with Crippen molar-refractivity contribution in [3.8, 4) is 5.75 Å². The van der Waals surface area contributed by atoms with E-state index in [-0.39, 0.29) is 0 Å². The average molecular weight is 260 g/mol. The number of benzene rings is 1. The maximum Gasteiger partial charge on any atom is 0.123 e. The van der Waals surface area contributed by atoms with Crippen molar-refractivity contribution in [3.05, 3.63) is 29.8 Å². The van der Waals surface area contributed by atoms with Crippen LogP contribution < -0.4 is 10.1 Å². The second kappa shape index (κ2) is 5.93. The Morgan fingerprint density at radius 3 is 2.95 bits per heavy atom. The maximum atomic E-state index is 5.46. The molecule has 2 fully saturated rings. The van der Waals surface area contributed by atoms with Gasteiger partial charge in [-0.3, -0.25) is 4.90 Å². The van der Waals surface area contributed by atoms with Gasteiger partial charge in [-0.1, -0.05) is 18.2 Å². The van der Waals surface area contributed by atoms with Gasteiger partial charge in [-0.2, -0.15) is 0 Å². The smallest absolute Gasteiger partial charge is 0.123 e. The maximum absolute atomic E-state index is 5.46. The molecule has 1 aromatic rings. The molecule has 104 valence electrons. The Morgan fingerprint density at radius 1 is 1.32 bits per heavy atom. The number of rotatable bonds is 4. The van der Waals surface area contributed by atoms with Crippen molar-refractivity contribution in [3.63, 3.8) is 0 Å². The van der Waals surface area contributed by atoms with Gasteiger partial charge in [0.05, 0.1) is 7.11 Å². The Bertz CT molecular complexity index is 417. The van der Waals surface area contributed by atoms with Crippen LogP contribution in [-0.4, -0.2) is 37.7 Å². The van der Waals surface area contributed by atoms with Gasteiger partial charge in [0.2, 0.25) is 0 Å². The van der Waals surface area contributed by atoms with Gasteiger partial charge >= 0.3 is 0 Å². The SMILES string of the molecule is COc1ccccc1CN1CCCNC(C2CC2)C1. The van der Waals surface area contributed by atoms with Gasteiger partial charge in [-0.05, 0) is 44.3 Å². The Morgan fingerprint density at radius 2 is 2.16 bits per heavy atom. The van der Waals surface area contributed by atoms with E-state index in [1.165, 1.54) is 44.5 Å². The molecular formula is C16H24N2O. The molecular weight excluding hydrogens is 236 g/mol. The minimum absolute atomic E-state index is 0.706. The normalized spacial score (nSPS) is 25.0. The predicted molar refractivity (Wildman–Crippen MR) is 77.4 cm³/mol. The lowest BCUT2D eigenvalue weighted by molar-refractivity contribution is 0.247. The van der Waals surface area contributed by atoms with Crippen LogP contribution in [0.15, 0.2) is 24.3 Å². The summed E-state index contributed by atoms with van der Waals surface area (Å²) >= 11 is 0. The highest BCUT2D eigenvalue weighted by Crippen LogP contribution is 2.33. The van der Waals surface area contributed by atoms with Crippen molar-refractivity contribution in [1.29, 1.82) is 0 Å². The molecule has 2 aliphatic rings. The van der Waals surface area contributed by atoms with Crippen LogP contribution in [-0.2, 0) is 6.54 Å². The number of hydrogen-bond acceptors (Lipinski definition) is 3. The summed E-state index contributed by atoms with van der Waals surface area (Å²) in [7, 11) is 1.76. The van der Waals surface area contributed by atoms with Gasteiger partial charge in [-0.25, -0.2) is 0 Å². The number of ether oxygens (including phenoxy) is 1. The van der Waals surface area contributed by atoms with Crippen molar-refractivity contribution in [2.24, 2.45) is 5.92 Å². The number of para-hydroxylation sites is 1. The number of nitrogens with zero attached hydrogens (tertiary/aromatic N) is 1. The van der Waals surface area contributed by atoms with Crippen LogP contribution in [0.25, 0.3) is 0 Å². The molecule has 1 unspecified atom stereocenters. The summed E-state index contributed by atoms with van der Waals surface area (Å²) in [5.41, 5.74) is 1.31. The van der Waals surface area contributed by atoms with E-state index in [0.717, 1.165) is 18.2 Å². The van der Waals surface area contributed by atoms with Gasteiger partial charge in [0.1, 0.15) is 5.75 Å². The highest BCUT2D eigenvalue weighted by atomic mass is 16.5. The molecule has 0 spiro atoms. The van der Waals surface area contributed by atoms with Crippen molar-refractivity contribution in [1.82, 2.24) is 10.2 Å². The zero-order valence-corrected chi connectivity index (χ0v) is 11.8. The molecule has 19 heavy (non-hydrogen) atoms. The fourth-order valence-corrected chi connectivity index (χ4v) is 3.06. The van der Waals surface area contributed by atoms with E-state index in [1.807, 2.05) is 6.07 Å². The summed E-state index contributed by atoms with van der Waals surface area (Å²) in [6.07, 6.45) is 4.08. The van der Waals surface area contributed by atoms with E-state index < -0.39 is 0 Å². The molecule has 1 saturated carbocycles. The number of methoxy groups -OCH3 is 1. The summed E-state index contributed by atoms with van der Waals surface area (Å²) in [6.45, 7) is 4.55. The van der Waals surface area contributed by atoms with E-state index in [2.05, 4.69) is 28.4 Å². The van der Waals surface area contributed by atoms with E-state index in [0.29, 0.717) is 6.04 Å². The highest BCUT2D eigenvalue weighted by Gasteiger charge is 2.33. The van der Waals surface area contributed by atoms with Crippen molar-refractivity contribution < 1.29 is 4.74 Å². The van der Waals surface area contributed by atoms with E-state index in [4.69, 9.17) is 4.74 Å². The molecule has 3 heteroatoms. The minimum atomic E-state index is 0.706. The molecule has 1 N–H and O–H groups in total. The van der Waals surface area contributed by atoms with Gasteiger partial charge in [0.25, 0.3) is 0 Å². The Labute approximate surface area is 115 Å². The topological polar surface area (TPSA) is 24.5 Å². The summed E-state index contributed by atoms with van der Waals surface area (Å²) in [6, 6.07) is 9.09. The van der Waals surface area contributed by atoms with Gasteiger partial charge in [-0.15, -0.1) is 0 Å². The molecule has 3 rings (SSSR count). The molecule has 1 heterocycles. The second-order valence-corrected chi connectivity index (χ2v) is 5.80. The molecule has 1 aliphatic carbocycles. The summed E-state index contributed by atoms with van der Waals surface area (Å²) < 4.78 is 5.46. The first-order valence-corrected chi connectivity index (χ1v) is 7.44. The minimum Gasteiger partial charge on any atom is -0.496 e. The molecule has 0 bridgehead atoms. The fourth-order valence-electron chi connectivity index (χ4n) is 3.06. The molecule has 0 amide bonds. The zero-order chi connectivity index (χ0) is 13.1. The lowest BCUT2D eigenvalue weighted by Gasteiger charge is -2.25. The third kappa shape index (κ3) is 3.28. The van der Waals surface area contributed by atoms with Gasteiger partial charge < -0.3 is 10.1 Å². The average Bonchev–Trinajstić information content (AvgIpc) is 3.26. The molecule has 1 saturated heterocycles. The molecule has 1 aromatic carbocycles. The Balaban J connectivity index is 1.66. The Kier molecular flexibility index (Phi) is 4.04. The largest absolute Gasteiger partial charge is 0.496 e. The van der Waals surface area contributed by atoms with Crippen LogP contribution in [0.1, 0.15) is 24.8 Å². The Hall–Kier alpha value is -1.06. The van der Waals surface area contributed by atoms with Gasteiger partial charge in [0.15, 0.2) is 0 Å². The van der Waals surface area contributed by atoms with Crippen LogP contribution >= 0.6 is 0 Å². The van der Waals surface area contributed by atoms with Crippen molar-refractivity contribution in [2.75, 3.05) is 26.7 Å². The first-order chi connectivity index (χ1) is 9.36. The molecule has 3 nitrogen and oxygen atoms in total. The van der Waals surface area contributed by atoms with E-state index >= 15 is 0 Å². The fraction of sp³-hybridized carbons (Fsp3) is 0.625. The van der Waals surface area contributed by atoms with Gasteiger partial charge in [0, 0.05) is 24.7 Å². The highest BCUT2D eigenvalue weighted by molar-refractivity contribution is 5.33. The van der Waals surface area contributed by atoms with Crippen LogP contribution in [0.2, 0.25) is 0 Å².